The molecular weight excluding hydrogens is 254 g/mol. The van der Waals surface area contributed by atoms with Crippen LogP contribution in [0.25, 0.3) is 0 Å². The first-order chi connectivity index (χ1) is 9.69. The van der Waals surface area contributed by atoms with E-state index in [1.54, 1.807) is 20.0 Å². The molecule has 0 fully saturated rings. The molecule has 0 radical (unpaired) electrons. The van der Waals surface area contributed by atoms with Crippen LogP contribution in [0.3, 0.4) is 0 Å². The zero-order chi connectivity index (χ0) is 14.4. The number of nitrogens with one attached hydrogen (secondary N) is 1. The third-order valence-corrected chi connectivity index (χ3v) is 2.85. The van der Waals surface area contributed by atoms with Crippen LogP contribution in [0.5, 0.6) is 0 Å². The molecule has 1 heterocycles. The predicted octanol–water partition coefficient (Wildman–Crippen LogP) is 2.29. The van der Waals surface area contributed by atoms with E-state index < -0.39 is 0 Å². The highest BCUT2D eigenvalue weighted by Crippen LogP contribution is 2.13. The third-order valence-electron chi connectivity index (χ3n) is 2.85. The fraction of sp³-hybridized carbons (Fsp3) is 0.333. The highest BCUT2D eigenvalue weighted by atomic mass is 16.5. The summed E-state index contributed by atoms with van der Waals surface area (Å²) in [7, 11) is 0. The molecule has 0 aliphatic heterocycles. The van der Waals surface area contributed by atoms with Crippen LogP contribution in [-0.2, 0) is 16.1 Å². The van der Waals surface area contributed by atoms with Gasteiger partial charge in [0.15, 0.2) is 0 Å². The highest BCUT2D eigenvalue weighted by molar-refractivity contribution is 5.78. The average molecular weight is 273 g/mol. The van der Waals surface area contributed by atoms with Crippen molar-refractivity contribution in [1.29, 1.82) is 0 Å². The van der Waals surface area contributed by atoms with Gasteiger partial charge in [-0.05, 0) is 37.6 Å². The summed E-state index contributed by atoms with van der Waals surface area (Å²) in [5.74, 6) is -0.245. The van der Waals surface area contributed by atoms with Gasteiger partial charge in [-0.3, -0.25) is 4.68 Å². The lowest BCUT2D eigenvalue weighted by molar-refractivity contribution is -0.143. The first kappa shape index (κ1) is 14.1. The summed E-state index contributed by atoms with van der Waals surface area (Å²) in [5.41, 5.74) is 2.02. The van der Waals surface area contributed by atoms with Gasteiger partial charge in [-0.2, -0.15) is 5.10 Å². The molecule has 1 atom stereocenters. The van der Waals surface area contributed by atoms with Crippen LogP contribution >= 0.6 is 0 Å². The smallest absolute Gasteiger partial charge is 0.328 e. The minimum Gasteiger partial charge on any atom is -0.464 e. The Morgan fingerprint density at radius 1 is 1.45 bits per heavy atom. The minimum absolute atomic E-state index is 0.245. The molecule has 1 aromatic heterocycles. The number of esters is 1. The molecule has 0 unspecified atom stereocenters. The molecule has 5 heteroatoms. The largest absolute Gasteiger partial charge is 0.464 e. The zero-order valence-electron chi connectivity index (χ0n) is 11.7. The van der Waals surface area contributed by atoms with Gasteiger partial charge >= 0.3 is 5.97 Å². The van der Waals surface area contributed by atoms with Gasteiger partial charge in [0.05, 0.1) is 13.2 Å². The lowest BCUT2D eigenvalue weighted by Gasteiger charge is -2.14. The van der Waals surface area contributed by atoms with E-state index in [1.807, 2.05) is 41.2 Å². The summed E-state index contributed by atoms with van der Waals surface area (Å²) < 4.78 is 6.83. The monoisotopic (exact) mass is 273 g/mol. The van der Waals surface area contributed by atoms with E-state index in [9.17, 15) is 4.79 Å². The molecule has 106 valence electrons. The van der Waals surface area contributed by atoms with Gasteiger partial charge in [0.25, 0.3) is 0 Å². The molecule has 2 rings (SSSR count). The van der Waals surface area contributed by atoms with Crippen molar-refractivity contribution in [3.05, 3.63) is 48.3 Å². The number of rotatable bonds is 6. The van der Waals surface area contributed by atoms with Crippen molar-refractivity contribution < 1.29 is 9.53 Å². The Labute approximate surface area is 118 Å². The van der Waals surface area contributed by atoms with Crippen molar-refractivity contribution in [2.45, 2.75) is 26.4 Å². The van der Waals surface area contributed by atoms with Gasteiger partial charge in [-0.25, -0.2) is 4.79 Å². The number of hydrogen-bond acceptors (Lipinski definition) is 4. The van der Waals surface area contributed by atoms with Gasteiger partial charge in [0, 0.05) is 18.1 Å². The van der Waals surface area contributed by atoms with E-state index >= 15 is 0 Å². The maximum absolute atomic E-state index is 11.6. The molecule has 0 saturated carbocycles. The molecule has 1 aromatic carbocycles. The molecule has 2 aromatic rings. The van der Waals surface area contributed by atoms with Gasteiger partial charge in [-0.1, -0.05) is 12.1 Å². The summed E-state index contributed by atoms with van der Waals surface area (Å²) in [6.07, 6.45) is 3.67. The summed E-state index contributed by atoms with van der Waals surface area (Å²) >= 11 is 0. The predicted molar refractivity (Wildman–Crippen MR) is 77.5 cm³/mol. The second kappa shape index (κ2) is 6.75. The van der Waals surface area contributed by atoms with Gasteiger partial charge in [0.2, 0.25) is 0 Å². The molecule has 0 bridgehead atoms. The molecule has 0 saturated heterocycles. The van der Waals surface area contributed by atoms with Gasteiger partial charge < -0.3 is 10.1 Å². The Morgan fingerprint density at radius 2 is 2.30 bits per heavy atom. The summed E-state index contributed by atoms with van der Waals surface area (Å²) in [5, 5.41) is 7.32. The molecule has 0 aliphatic rings. The van der Waals surface area contributed by atoms with E-state index in [0.29, 0.717) is 13.2 Å². The Morgan fingerprint density at radius 3 is 3.00 bits per heavy atom. The Balaban J connectivity index is 2.00. The molecular formula is C15H19N3O2. The van der Waals surface area contributed by atoms with Crippen molar-refractivity contribution in [3.8, 4) is 0 Å². The number of carbonyl (C=O) groups is 1. The molecule has 1 N–H and O–H groups in total. The van der Waals surface area contributed by atoms with Crippen LogP contribution in [0, 0.1) is 0 Å². The maximum Gasteiger partial charge on any atom is 0.328 e. The summed E-state index contributed by atoms with van der Waals surface area (Å²) in [6, 6.07) is 9.46. The fourth-order valence-corrected chi connectivity index (χ4v) is 1.92. The topological polar surface area (TPSA) is 56.1 Å². The van der Waals surface area contributed by atoms with Crippen molar-refractivity contribution in [3.63, 3.8) is 0 Å². The summed E-state index contributed by atoms with van der Waals surface area (Å²) in [6.45, 7) is 4.69. The lowest BCUT2D eigenvalue weighted by atomic mass is 10.2. The third kappa shape index (κ3) is 3.85. The number of nitrogens with zero attached hydrogens (tertiary/aromatic N) is 2. The number of anilines is 1. The van der Waals surface area contributed by atoms with Crippen molar-refractivity contribution in [2.75, 3.05) is 11.9 Å². The number of aromatic nitrogens is 2. The number of benzene rings is 1. The minimum atomic E-state index is -0.366. The van der Waals surface area contributed by atoms with Crippen LogP contribution < -0.4 is 5.32 Å². The van der Waals surface area contributed by atoms with E-state index in [2.05, 4.69) is 10.4 Å². The van der Waals surface area contributed by atoms with Crippen LogP contribution in [0.15, 0.2) is 42.7 Å². The normalized spacial score (nSPS) is 11.9. The summed E-state index contributed by atoms with van der Waals surface area (Å²) in [4.78, 5) is 11.6. The molecule has 0 aliphatic carbocycles. The average Bonchev–Trinajstić information content (AvgIpc) is 2.92. The fourth-order valence-electron chi connectivity index (χ4n) is 1.92. The van der Waals surface area contributed by atoms with E-state index in [0.717, 1.165) is 11.3 Å². The van der Waals surface area contributed by atoms with Crippen LogP contribution in [-0.4, -0.2) is 28.4 Å². The zero-order valence-corrected chi connectivity index (χ0v) is 11.7. The van der Waals surface area contributed by atoms with Crippen molar-refractivity contribution >= 4 is 11.7 Å². The first-order valence-corrected chi connectivity index (χ1v) is 6.68. The van der Waals surface area contributed by atoms with E-state index in [4.69, 9.17) is 4.74 Å². The first-order valence-electron chi connectivity index (χ1n) is 6.68. The lowest BCUT2D eigenvalue weighted by Crippen LogP contribution is -2.28. The van der Waals surface area contributed by atoms with Crippen molar-refractivity contribution in [2.24, 2.45) is 0 Å². The highest BCUT2D eigenvalue weighted by Gasteiger charge is 2.13. The van der Waals surface area contributed by atoms with Crippen LogP contribution in [0.4, 0.5) is 5.69 Å². The van der Waals surface area contributed by atoms with E-state index in [-0.39, 0.29) is 12.0 Å². The van der Waals surface area contributed by atoms with Gasteiger partial charge in [0.1, 0.15) is 6.04 Å². The van der Waals surface area contributed by atoms with Crippen LogP contribution in [0.2, 0.25) is 0 Å². The number of carbonyl (C=O) groups excluding carboxylic acids is 1. The molecule has 0 amide bonds. The standard InChI is InChI=1S/C15H19N3O2/c1-3-20-15(19)12(2)17-14-7-4-6-13(10-14)11-18-9-5-8-16-18/h4-10,12,17H,3,11H2,1-2H3/t12-/m1/s1. The second-order valence-corrected chi connectivity index (χ2v) is 4.52. The SMILES string of the molecule is CCOC(=O)[C@@H](C)Nc1cccc(Cn2cccn2)c1. The maximum atomic E-state index is 11.6. The quantitative estimate of drug-likeness (QED) is 0.820. The number of hydrogen-bond donors (Lipinski definition) is 1. The number of ether oxygens (including phenoxy) is 1. The molecule has 5 nitrogen and oxygen atoms in total. The Kier molecular flexibility index (Phi) is 4.76. The van der Waals surface area contributed by atoms with E-state index in [1.165, 1.54) is 0 Å². The Hall–Kier alpha value is -2.30. The van der Waals surface area contributed by atoms with Crippen LogP contribution in [0.1, 0.15) is 19.4 Å². The Bertz CT molecular complexity index is 552. The molecule has 0 spiro atoms. The van der Waals surface area contributed by atoms with Crippen molar-refractivity contribution in [1.82, 2.24) is 9.78 Å². The molecule has 20 heavy (non-hydrogen) atoms. The second-order valence-electron chi connectivity index (χ2n) is 4.52. The van der Waals surface area contributed by atoms with Gasteiger partial charge in [-0.15, -0.1) is 0 Å².